The largest absolute Gasteiger partial charge is 0.462 e. The molecule has 0 heterocycles. The van der Waals surface area contributed by atoms with Crippen LogP contribution in [0.2, 0.25) is 0 Å². The maximum absolute atomic E-state index is 12.1. The first-order valence-corrected chi connectivity index (χ1v) is 7.85. The molecule has 1 fully saturated rings. The van der Waals surface area contributed by atoms with Crippen molar-refractivity contribution >= 4 is 5.97 Å². The van der Waals surface area contributed by atoms with E-state index in [4.69, 9.17) is 4.74 Å². The lowest BCUT2D eigenvalue weighted by Crippen LogP contribution is -2.19. The summed E-state index contributed by atoms with van der Waals surface area (Å²) in [6, 6.07) is 8.40. The summed E-state index contributed by atoms with van der Waals surface area (Å²) in [5.41, 5.74) is 2.39. The highest BCUT2D eigenvalue weighted by Gasteiger charge is 2.23. The van der Waals surface area contributed by atoms with Crippen LogP contribution in [0, 0.1) is 5.92 Å². The van der Waals surface area contributed by atoms with Gasteiger partial charge < -0.3 is 4.74 Å². The van der Waals surface area contributed by atoms with Gasteiger partial charge in [0.15, 0.2) is 0 Å². The number of carbonyl (C=O) groups excluding carboxylic acids is 1. The van der Waals surface area contributed by atoms with E-state index in [-0.39, 0.29) is 18.0 Å². The molecule has 1 aliphatic carbocycles. The third-order valence-corrected chi connectivity index (χ3v) is 4.06. The van der Waals surface area contributed by atoms with Crippen LogP contribution in [-0.2, 0) is 16.0 Å². The second kappa shape index (κ2) is 6.92. The number of esters is 1. The molecule has 0 aromatic heterocycles. The van der Waals surface area contributed by atoms with E-state index in [0.717, 1.165) is 24.8 Å². The average molecular weight is 274 g/mol. The van der Waals surface area contributed by atoms with Gasteiger partial charge in [0.2, 0.25) is 0 Å². The molecule has 2 nitrogen and oxygen atoms in total. The third-order valence-electron chi connectivity index (χ3n) is 4.06. The van der Waals surface area contributed by atoms with Gasteiger partial charge in [0.05, 0.1) is 5.92 Å². The van der Waals surface area contributed by atoms with Crippen molar-refractivity contribution in [2.45, 2.75) is 64.9 Å². The van der Waals surface area contributed by atoms with Gasteiger partial charge in [0.25, 0.3) is 0 Å². The van der Waals surface area contributed by atoms with E-state index < -0.39 is 0 Å². The predicted octanol–water partition coefficient (Wildman–Crippen LogP) is 4.47. The van der Waals surface area contributed by atoms with Crippen molar-refractivity contribution in [1.29, 1.82) is 0 Å². The Kier molecular flexibility index (Phi) is 5.22. The Morgan fingerprint density at radius 3 is 2.30 bits per heavy atom. The topological polar surface area (TPSA) is 26.3 Å². The van der Waals surface area contributed by atoms with Gasteiger partial charge in [-0.25, -0.2) is 0 Å². The zero-order valence-corrected chi connectivity index (χ0v) is 12.9. The Balaban J connectivity index is 1.93. The number of hydrogen-bond acceptors (Lipinski definition) is 2. The number of hydrogen-bond donors (Lipinski definition) is 0. The van der Waals surface area contributed by atoms with Gasteiger partial charge in [-0.15, -0.1) is 0 Å². The summed E-state index contributed by atoms with van der Waals surface area (Å²) >= 11 is 0. The second-order valence-electron chi connectivity index (χ2n) is 6.40. The molecule has 0 unspecified atom stereocenters. The van der Waals surface area contributed by atoms with Crippen molar-refractivity contribution in [3.8, 4) is 0 Å². The molecule has 0 aliphatic heterocycles. The first-order valence-electron chi connectivity index (χ1n) is 7.85. The zero-order chi connectivity index (χ0) is 14.5. The van der Waals surface area contributed by atoms with Crippen molar-refractivity contribution in [2.75, 3.05) is 0 Å². The molecule has 1 saturated carbocycles. The molecule has 1 atom stereocenters. The Bertz CT molecular complexity index is 427. The Morgan fingerprint density at radius 1 is 1.15 bits per heavy atom. The van der Waals surface area contributed by atoms with E-state index in [1.165, 1.54) is 18.4 Å². The Morgan fingerprint density at radius 2 is 1.75 bits per heavy atom. The minimum atomic E-state index is -0.163. The van der Waals surface area contributed by atoms with E-state index in [1.807, 2.05) is 6.92 Å². The minimum absolute atomic E-state index is 0.0755. The zero-order valence-electron chi connectivity index (χ0n) is 12.9. The second-order valence-corrected chi connectivity index (χ2v) is 6.40. The van der Waals surface area contributed by atoms with Crippen molar-refractivity contribution in [2.24, 2.45) is 5.92 Å². The smallest absolute Gasteiger partial charge is 0.313 e. The summed E-state index contributed by atoms with van der Waals surface area (Å²) in [6.07, 6.45) is 5.69. The molecule has 1 aromatic rings. The molecule has 1 aliphatic rings. The third kappa shape index (κ3) is 4.09. The molecule has 0 N–H and O–H groups in total. The van der Waals surface area contributed by atoms with Gasteiger partial charge in [0.1, 0.15) is 6.10 Å². The lowest BCUT2D eigenvalue weighted by molar-refractivity contribution is -0.150. The maximum Gasteiger partial charge on any atom is 0.313 e. The summed E-state index contributed by atoms with van der Waals surface area (Å²) in [5, 5.41) is 0. The summed E-state index contributed by atoms with van der Waals surface area (Å²) in [4.78, 5) is 12.1. The van der Waals surface area contributed by atoms with Crippen molar-refractivity contribution in [3.63, 3.8) is 0 Å². The van der Waals surface area contributed by atoms with Gasteiger partial charge in [-0.05, 0) is 56.1 Å². The normalized spacial score (nSPS) is 17.4. The van der Waals surface area contributed by atoms with Crippen LogP contribution < -0.4 is 0 Å². The molecule has 20 heavy (non-hydrogen) atoms. The number of rotatable bonds is 5. The molecule has 0 spiro atoms. The first kappa shape index (κ1) is 15.1. The van der Waals surface area contributed by atoms with Crippen LogP contribution in [0.15, 0.2) is 24.3 Å². The van der Waals surface area contributed by atoms with Crippen LogP contribution in [0.1, 0.15) is 63.5 Å². The van der Waals surface area contributed by atoms with E-state index in [9.17, 15) is 4.79 Å². The number of ether oxygens (including phenoxy) is 1. The lowest BCUT2D eigenvalue weighted by Gasteiger charge is -2.16. The molecule has 0 radical (unpaired) electrons. The van der Waals surface area contributed by atoms with Gasteiger partial charge in [-0.3, -0.25) is 4.79 Å². The number of benzene rings is 1. The summed E-state index contributed by atoms with van der Waals surface area (Å²) in [5.74, 6) is 0.419. The monoisotopic (exact) mass is 274 g/mol. The molecule has 110 valence electrons. The fourth-order valence-electron chi connectivity index (χ4n) is 2.82. The van der Waals surface area contributed by atoms with E-state index in [0.29, 0.717) is 5.92 Å². The summed E-state index contributed by atoms with van der Waals surface area (Å²) in [7, 11) is 0. The van der Waals surface area contributed by atoms with Crippen LogP contribution >= 0.6 is 0 Å². The van der Waals surface area contributed by atoms with Crippen molar-refractivity contribution in [1.82, 2.24) is 0 Å². The SMILES string of the molecule is CC(C)Cc1ccc([C@H](C)C(=O)OC2CCCC2)cc1. The fraction of sp³-hybridized carbons (Fsp3) is 0.611. The number of carbonyl (C=O) groups is 1. The molecule has 1 aromatic carbocycles. The van der Waals surface area contributed by atoms with Gasteiger partial charge in [-0.2, -0.15) is 0 Å². The highest BCUT2D eigenvalue weighted by Crippen LogP contribution is 2.25. The Labute approximate surface area is 122 Å². The highest BCUT2D eigenvalue weighted by atomic mass is 16.5. The van der Waals surface area contributed by atoms with Crippen LogP contribution in [0.3, 0.4) is 0 Å². The average Bonchev–Trinajstić information content (AvgIpc) is 2.91. The fourth-order valence-corrected chi connectivity index (χ4v) is 2.82. The van der Waals surface area contributed by atoms with E-state index in [2.05, 4.69) is 38.1 Å². The summed E-state index contributed by atoms with van der Waals surface area (Å²) < 4.78 is 5.58. The molecular formula is C18H26O2. The Hall–Kier alpha value is -1.31. The molecule has 0 saturated heterocycles. The standard InChI is InChI=1S/C18H26O2/c1-13(2)12-15-8-10-16(11-9-15)14(3)18(19)20-17-6-4-5-7-17/h8-11,13-14,17H,4-7,12H2,1-3H3/t14-/m0/s1. The van der Waals surface area contributed by atoms with Gasteiger partial charge in [0, 0.05) is 0 Å². The molecule has 2 heteroatoms. The molecular weight excluding hydrogens is 248 g/mol. The molecule has 0 bridgehead atoms. The summed E-state index contributed by atoms with van der Waals surface area (Å²) in [6.45, 7) is 6.37. The van der Waals surface area contributed by atoms with E-state index in [1.54, 1.807) is 0 Å². The highest BCUT2D eigenvalue weighted by molar-refractivity contribution is 5.77. The van der Waals surface area contributed by atoms with E-state index >= 15 is 0 Å². The van der Waals surface area contributed by atoms with Gasteiger partial charge in [-0.1, -0.05) is 38.1 Å². The maximum atomic E-state index is 12.1. The van der Waals surface area contributed by atoms with Crippen LogP contribution in [0.4, 0.5) is 0 Å². The quantitative estimate of drug-likeness (QED) is 0.740. The van der Waals surface area contributed by atoms with Crippen molar-refractivity contribution in [3.05, 3.63) is 35.4 Å². The van der Waals surface area contributed by atoms with Gasteiger partial charge >= 0.3 is 5.97 Å². The van der Waals surface area contributed by atoms with Crippen LogP contribution in [-0.4, -0.2) is 12.1 Å². The van der Waals surface area contributed by atoms with Crippen molar-refractivity contribution < 1.29 is 9.53 Å². The lowest BCUT2D eigenvalue weighted by atomic mass is 9.97. The van der Waals surface area contributed by atoms with Crippen LogP contribution in [0.5, 0.6) is 0 Å². The predicted molar refractivity (Wildman–Crippen MR) is 81.7 cm³/mol. The first-order chi connectivity index (χ1) is 9.56. The molecule has 2 rings (SSSR count). The molecule has 0 amide bonds. The van der Waals surface area contributed by atoms with Crippen LogP contribution in [0.25, 0.3) is 0 Å². The minimum Gasteiger partial charge on any atom is -0.462 e.